The van der Waals surface area contributed by atoms with Crippen LogP contribution in [0.4, 0.5) is 0 Å². The molecule has 1 heterocycles. The van der Waals surface area contributed by atoms with Gasteiger partial charge in [0.2, 0.25) is 5.91 Å². The van der Waals surface area contributed by atoms with Crippen molar-refractivity contribution >= 4 is 18.3 Å². The highest BCUT2D eigenvalue weighted by molar-refractivity contribution is 5.85. The molecule has 3 rings (SSSR count). The smallest absolute Gasteiger partial charge is 0.226 e. The van der Waals surface area contributed by atoms with E-state index in [2.05, 4.69) is 36.5 Å². The number of carbonyl (C=O) groups excluding carboxylic acids is 1. The third kappa shape index (κ3) is 5.58. The van der Waals surface area contributed by atoms with Crippen molar-refractivity contribution in [1.29, 1.82) is 0 Å². The maximum Gasteiger partial charge on any atom is 0.226 e. The molecule has 1 fully saturated rings. The molecule has 0 aromatic heterocycles. The first-order valence-electron chi connectivity index (χ1n) is 8.82. The molecular formula is C21H27ClN2O. The summed E-state index contributed by atoms with van der Waals surface area (Å²) in [6, 6.07) is 21.0. The molecule has 0 radical (unpaired) electrons. The molecule has 25 heavy (non-hydrogen) atoms. The molecule has 0 bridgehead atoms. The van der Waals surface area contributed by atoms with Crippen molar-refractivity contribution in [2.75, 3.05) is 6.54 Å². The zero-order valence-electron chi connectivity index (χ0n) is 14.7. The van der Waals surface area contributed by atoms with Crippen LogP contribution in [0.15, 0.2) is 60.7 Å². The highest BCUT2D eigenvalue weighted by Gasteiger charge is 2.28. The van der Waals surface area contributed by atoms with Crippen LogP contribution >= 0.6 is 12.4 Å². The van der Waals surface area contributed by atoms with E-state index in [1.54, 1.807) is 0 Å². The SMILES string of the molecule is C[C@H]1C[C@@H](C(=O)N(Cc2ccccc2)Cc2ccccc2)CCN1.Cl. The Hall–Kier alpha value is -1.84. The molecule has 1 amide bonds. The lowest BCUT2D eigenvalue weighted by molar-refractivity contribution is -0.138. The van der Waals surface area contributed by atoms with Gasteiger partial charge in [-0.25, -0.2) is 0 Å². The van der Waals surface area contributed by atoms with E-state index in [9.17, 15) is 4.79 Å². The predicted octanol–water partition coefficient (Wildman–Crippen LogP) is 4.03. The Morgan fingerprint density at radius 3 is 2.00 bits per heavy atom. The largest absolute Gasteiger partial charge is 0.334 e. The van der Waals surface area contributed by atoms with Gasteiger partial charge in [-0.1, -0.05) is 60.7 Å². The summed E-state index contributed by atoms with van der Waals surface area (Å²) in [5.74, 6) is 0.421. The molecule has 1 aliphatic rings. The number of nitrogens with one attached hydrogen (secondary N) is 1. The highest BCUT2D eigenvalue weighted by Crippen LogP contribution is 2.21. The van der Waals surface area contributed by atoms with E-state index in [-0.39, 0.29) is 24.2 Å². The molecular weight excluding hydrogens is 332 g/mol. The molecule has 0 saturated carbocycles. The van der Waals surface area contributed by atoms with Crippen LogP contribution in [0.3, 0.4) is 0 Å². The maximum atomic E-state index is 13.2. The highest BCUT2D eigenvalue weighted by atomic mass is 35.5. The minimum Gasteiger partial charge on any atom is -0.334 e. The monoisotopic (exact) mass is 358 g/mol. The van der Waals surface area contributed by atoms with Crippen LogP contribution in [0, 0.1) is 5.92 Å². The van der Waals surface area contributed by atoms with Gasteiger partial charge in [0.1, 0.15) is 0 Å². The number of amides is 1. The van der Waals surface area contributed by atoms with E-state index in [1.807, 2.05) is 41.3 Å². The minimum absolute atomic E-state index is 0. The van der Waals surface area contributed by atoms with E-state index in [1.165, 1.54) is 11.1 Å². The van der Waals surface area contributed by atoms with E-state index < -0.39 is 0 Å². The second-order valence-corrected chi connectivity index (χ2v) is 6.74. The Balaban J connectivity index is 0.00000225. The lowest BCUT2D eigenvalue weighted by Crippen LogP contribution is -2.43. The number of nitrogens with zero attached hydrogens (tertiary/aromatic N) is 1. The number of carbonyl (C=O) groups is 1. The van der Waals surface area contributed by atoms with Gasteiger partial charge in [0, 0.05) is 25.0 Å². The number of halogens is 1. The zero-order valence-corrected chi connectivity index (χ0v) is 15.5. The van der Waals surface area contributed by atoms with Gasteiger partial charge in [-0.15, -0.1) is 12.4 Å². The summed E-state index contributed by atoms with van der Waals surface area (Å²) in [6.07, 6.45) is 1.86. The van der Waals surface area contributed by atoms with Gasteiger partial charge in [0.05, 0.1) is 0 Å². The summed E-state index contributed by atoms with van der Waals surface area (Å²) in [5, 5.41) is 3.43. The summed E-state index contributed by atoms with van der Waals surface area (Å²) < 4.78 is 0. The van der Waals surface area contributed by atoms with Crippen molar-refractivity contribution in [2.24, 2.45) is 5.92 Å². The molecule has 134 valence electrons. The molecule has 1 N–H and O–H groups in total. The fraction of sp³-hybridized carbons (Fsp3) is 0.381. The number of hydrogen-bond acceptors (Lipinski definition) is 2. The summed E-state index contributed by atoms with van der Waals surface area (Å²) in [4.78, 5) is 15.2. The number of rotatable bonds is 5. The van der Waals surface area contributed by atoms with Crippen molar-refractivity contribution in [3.8, 4) is 0 Å². The summed E-state index contributed by atoms with van der Waals surface area (Å²) in [7, 11) is 0. The molecule has 2 aromatic rings. The second-order valence-electron chi connectivity index (χ2n) is 6.74. The average molecular weight is 359 g/mol. The lowest BCUT2D eigenvalue weighted by atomic mass is 9.91. The van der Waals surface area contributed by atoms with Crippen molar-refractivity contribution < 1.29 is 4.79 Å². The van der Waals surface area contributed by atoms with Crippen LogP contribution < -0.4 is 5.32 Å². The molecule has 2 atom stereocenters. The summed E-state index contributed by atoms with van der Waals surface area (Å²) in [5.41, 5.74) is 2.37. The second kappa shape index (κ2) is 9.59. The fourth-order valence-electron chi connectivity index (χ4n) is 3.43. The predicted molar refractivity (Wildman–Crippen MR) is 105 cm³/mol. The first-order valence-corrected chi connectivity index (χ1v) is 8.82. The zero-order chi connectivity index (χ0) is 16.8. The van der Waals surface area contributed by atoms with Crippen LogP contribution in [0.5, 0.6) is 0 Å². The van der Waals surface area contributed by atoms with Crippen molar-refractivity contribution in [3.05, 3.63) is 71.8 Å². The van der Waals surface area contributed by atoms with Gasteiger partial charge in [-0.05, 0) is 37.4 Å². The van der Waals surface area contributed by atoms with Crippen molar-refractivity contribution in [1.82, 2.24) is 10.2 Å². The van der Waals surface area contributed by atoms with E-state index in [0.29, 0.717) is 19.1 Å². The summed E-state index contributed by atoms with van der Waals surface area (Å²) >= 11 is 0. The molecule has 1 saturated heterocycles. The van der Waals surface area contributed by atoms with Gasteiger partial charge in [0.15, 0.2) is 0 Å². The fourth-order valence-corrected chi connectivity index (χ4v) is 3.43. The van der Waals surface area contributed by atoms with Gasteiger partial charge in [0.25, 0.3) is 0 Å². The summed E-state index contributed by atoms with van der Waals surface area (Å²) in [6.45, 7) is 4.44. The molecule has 1 aliphatic heterocycles. The van der Waals surface area contributed by atoms with Gasteiger partial charge >= 0.3 is 0 Å². The maximum absolute atomic E-state index is 13.2. The number of benzene rings is 2. The normalized spacial score (nSPS) is 19.7. The molecule has 0 unspecified atom stereocenters. The standard InChI is InChI=1S/C21H26N2O.ClH/c1-17-14-20(12-13-22-17)21(24)23(15-18-8-4-2-5-9-18)16-19-10-6-3-7-11-19;/h2-11,17,20,22H,12-16H2,1H3;1H/t17-,20-;/m0./s1. The van der Waals surface area contributed by atoms with Crippen LogP contribution in [0.1, 0.15) is 30.9 Å². The topological polar surface area (TPSA) is 32.3 Å². The third-order valence-corrected chi connectivity index (χ3v) is 4.72. The molecule has 3 nitrogen and oxygen atoms in total. The first kappa shape index (κ1) is 19.5. The third-order valence-electron chi connectivity index (χ3n) is 4.72. The minimum atomic E-state index is 0. The van der Waals surface area contributed by atoms with Gasteiger partial charge in [-0.2, -0.15) is 0 Å². The Morgan fingerprint density at radius 1 is 1.00 bits per heavy atom. The number of piperidine rings is 1. The van der Waals surface area contributed by atoms with Gasteiger partial charge < -0.3 is 10.2 Å². The molecule has 0 spiro atoms. The molecule has 2 aromatic carbocycles. The van der Waals surface area contributed by atoms with Gasteiger partial charge in [-0.3, -0.25) is 4.79 Å². The Kier molecular flexibility index (Phi) is 7.48. The van der Waals surface area contributed by atoms with Crippen LogP contribution in [-0.2, 0) is 17.9 Å². The lowest BCUT2D eigenvalue weighted by Gasteiger charge is -2.32. The quantitative estimate of drug-likeness (QED) is 0.875. The van der Waals surface area contributed by atoms with Crippen molar-refractivity contribution in [3.63, 3.8) is 0 Å². The van der Waals surface area contributed by atoms with E-state index >= 15 is 0 Å². The van der Waals surface area contributed by atoms with E-state index in [4.69, 9.17) is 0 Å². The molecule has 0 aliphatic carbocycles. The van der Waals surface area contributed by atoms with Crippen LogP contribution in [0.25, 0.3) is 0 Å². The van der Waals surface area contributed by atoms with Crippen molar-refractivity contribution in [2.45, 2.75) is 38.9 Å². The van der Waals surface area contributed by atoms with Crippen LogP contribution in [-0.4, -0.2) is 23.4 Å². The average Bonchev–Trinajstić information content (AvgIpc) is 2.62. The van der Waals surface area contributed by atoms with E-state index in [0.717, 1.165) is 19.4 Å². The molecule has 4 heteroatoms. The Bertz CT molecular complexity index is 606. The first-order chi connectivity index (χ1) is 11.7. The van der Waals surface area contributed by atoms with Crippen LogP contribution in [0.2, 0.25) is 0 Å². The Labute approximate surface area is 156 Å². The number of hydrogen-bond donors (Lipinski definition) is 1. The Morgan fingerprint density at radius 2 is 1.52 bits per heavy atom.